The second-order valence-electron chi connectivity index (χ2n) is 4.64. The van der Waals surface area contributed by atoms with Gasteiger partial charge in [-0.2, -0.15) is 11.8 Å². The van der Waals surface area contributed by atoms with Crippen molar-refractivity contribution in [3.8, 4) is 0 Å². The molecule has 2 rings (SSSR count). The topological polar surface area (TPSA) is 36.4 Å². The second kappa shape index (κ2) is 5.89. The highest BCUT2D eigenvalue weighted by Gasteiger charge is 2.27. The van der Waals surface area contributed by atoms with Crippen molar-refractivity contribution in [2.75, 3.05) is 24.2 Å². The molecule has 1 unspecified atom stereocenters. The van der Waals surface area contributed by atoms with Gasteiger partial charge in [-0.15, -0.1) is 0 Å². The Hall–Kier alpha value is -0.810. The third-order valence-corrected chi connectivity index (χ3v) is 4.36. The van der Waals surface area contributed by atoms with Crippen molar-refractivity contribution in [3.63, 3.8) is 0 Å². The van der Waals surface area contributed by atoms with E-state index in [0.29, 0.717) is 18.2 Å². The lowest BCUT2D eigenvalue weighted by Crippen LogP contribution is -2.44. The van der Waals surface area contributed by atoms with Gasteiger partial charge < -0.3 is 10.0 Å². The van der Waals surface area contributed by atoms with Gasteiger partial charge in [0.2, 0.25) is 0 Å². The Kier molecular flexibility index (Phi) is 4.45. The number of halogens is 1. The van der Waals surface area contributed by atoms with Crippen LogP contribution in [0.4, 0.5) is 10.1 Å². The Bertz CT molecular complexity index is 387. The molecule has 100 valence electrons. The molecule has 1 aromatic rings. The zero-order valence-corrected chi connectivity index (χ0v) is 11.5. The number of alkyl halides is 1. The number of nitrogens with zero attached hydrogens (tertiary/aromatic N) is 2. The Balaban J connectivity index is 2.06. The molecule has 1 aromatic heterocycles. The molecule has 0 saturated carbocycles. The van der Waals surface area contributed by atoms with Crippen LogP contribution in [0.5, 0.6) is 0 Å². The number of piperidine rings is 1. The zero-order valence-electron chi connectivity index (χ0n) is 10.7. The number of hydrogen-bond donors (Lipinski definition) is 1. The largest absolute Gasteiger partial charge is 0.390 e. The molecule has 18 heavy (non-hydrogen) atoms. The third-order valence-electron chi connectivity index (χ3n) is 3.41. The quantitative estimate of drug-likeness (QED) is 0.915. The summed E-state index contributed by atoms with van der Waals surface area (Å²) >= 11 is 1.75. The highest BCUT2D eigenvalue weighted by Crippen LogP contribution is 2.26. The fraction of sp³-hybridized carbons (Fsp3) is 0.615. The number of aliphatic hydroxyl groups is 1. The monoisotopic (exact) mass is 270 g/mol. The molecule has 0 amide bonds. The second-order valence-corrected chi connectivity index (χ2v) is 5.82. The Morgan fingerprint density at radius 1 is 1.56 bits per heavy atom. The molecule has 0 aromatic carbocycles. The molecular weight excluding hydrogens is 251 g/mol. The van der Waals surface area contributed by atoms with E-state index in [9.17, 15) is 9.50 Å². The van der Waals surface area contributed by atoms with Crippen LogP contribution in [0.25, 0.3) is 0 Å². The van der Waals surface area contributed by atoms with Gasteiger partial charge in [-0.25, -0.2) is 4.39 Å². The van der Waals surface area contributed by atoms with E-state index >= 15 is 0 Å². The predicted molar refractivity (Wildman–Crippen MR) is 73.9 cm³/mol. The summed E-state index contributed by atoms with van der Waals surface area (Å²) in [6, 6.07) is 3.98. The number of rotatable bonds is 3. The van der Waals surface area contributed by atoms with E-state index in [-0.39, 0.29) is 6.54 Å². The standard InChI is InChI=1S/C13H19FN2OS/c1-9(18-2)12-4-3-10(7-15-12)16-6-5-13(17)11(14)8-16/h3-4,7,9,11,13,17H,5-6,8H2,1-2H3/t9?,11-,13+/m0/s1. The highest BCUT2D eigenvalue weighted by atomic mass is 32.2. The average molecular weight is 270 g/mol. The average Bonchev–Trinajstić information content (AvgIpc) is 2.41. The minimum Gasteiger partial charge on any atom is -0.390 e. The van der Waals surface area contributed by atoms with Crippen LogP contribution in [0.15, 0.2) is 18.3 Å². The summed E-state index contributed by atoms with van der Waals surface area (Å²) in [5.74, 6) is 0. The van der Waals surface area contributed by atoms with E-state index in [1.807, 2.05) is 17.0 Å². The van der Waals surface area contributed by atoms with E-state index in [0.717, 1.165) is 11.4 Å². The molecule has 0 radical (unpaired) electrons. The van der Waals surface area contributed by atoms with Crippen LogP contribution in [0.2, 0.25) is 0 Å². The Morgan fingerprint density at radius 2 is 2.33 bits per heavy atom. The summed E-state index contributed by atoms with van der Waals surface area (Å²) in [4.78, 5) is 6.36. The molecule has 0 bridgehead atoms. The molecule has 3 nitrogen and oxygen atoms in total. The number of thioether (sulfide) groups is 1. The number of aromatic nitrogens is 1. The van der Waals surface area contributed by atoms with Crippen LogP contribution < -0.4 is 4.90 Å². The fourth-order valence-corrected chi connectivity index (χ4v) is 2.45. The normalized spacial score (nSPS) is 26.1. The van der Waals surface area contributed by atoms with Gasteiger partial charge in [-0.3, -0.25) is 4.98 Å². The smallest absolute Gasteiger partial charge is 0.143 e. The predicted octanol–water partition coefficient (Wildman–Crippen LogP) is 2.41. The summed E-state index contributed by atoms with van der Waals surface area (Å²) in [5.41, 5.74) is 1.97. The molecule has 1 aliphatic rings. The fourth-order valence-electron chi connectivity index (χ4n) is 2.07. The molecular formula is C13H19FN2OS. The van der Waals surface area contributed by atoms with Crippen molar-refractivity contribution in [2.45, 2.75) is 30.9 Å². The lowest BCUT2D eigenvalue weighted by atomic mass is 10.1. The number of hydrogen-bond acceptors (Lipinski definition) is 4. The maximum atomic E-state index is 13.5. The minimum absolute atomic E-state index is 0.250. The molecule has 3 atom stereocenters. The van der Waals surface area contributed by atoms with E-state index in [2.05, 4.69) is 18.2 Å². The number of pyridine rings is 1. The van der Waals surface area contributed by atoms with Gasteiger partial charge in [0, 0.05) is 11.8 Å². The van der Waals surface area contributed by atoms with Crippen molar-refractivity contribution >= 4 is 17.4 Å². The third kappa shape index (κ3) is 2.95. The van der Waals surface area contributed by atoms with Crippen LogP contribution in [0.3, 0.4) is 0 Å². The van der Waals surface area contributed by atoms with E-state index in [4.69, 9.17) is 0 Å². The molecule has 0 spiro atoms. The summed E-state index contributed by atoms with van der Waals surface area (Å²) in [6.07, 6.45) is 2.35. The molecule has 1 aliphatic heterocycles. The molecule has 1 fully saturated rings. The molecule has 1 saturated heterocycles. The Morgan fingerprint density at radius 3 is 2.89 bits per heavy atom. The van der Waals surface area contributed by atoms with Gasteiger partial charge in [0.15, 0.2) is 0 Å². The maximum absolute atomic E-state index is 13.5. The molecule has 1 N–H and O–H groups in total. The first-order valence-corrected chi connectivity index (χ1v) is 7.46. The summed E-state index contributed by atoms with van der Waals surface area (Å²) in [6.45, 7) is 3.04. The van der Waals surface area contributed by atoms with Crippen molar-refractivity contribution in [1.29, 1.82) is 0 Å². The van der Waals surface area contributed by atoms with Crippen molar-refractivity contribution in [1.82, 2.24) is 4.98 Å². The van der Waals surface area contributed by atoms with Crippen molar-refractivity contribution < 1.29 is 9.50 Å². The first kappa shape index (κ1) is 13.6. The van der Waals surface area contributed by atoms with Gasteiger partial charge in [0.05, 0.1) is 30.2 Å². The minimum atomic E-state index is -1.16. The van der Waals surface area contributed by atoms with Crippen LogP contribution in [-0.4, -0.2) is 41.7 Å². The van der Waals surface area contributed by atoms with E-state index < -0.39 is 12.3 Å². The highest BCUT2D eigenvalue weighted by molar-refractivity contribution is 7.98. The van der Waals surface area contributed by atoms with E-state index in [1.165, 1.54) is 0 Å². The van der Waals surface area contributed by atoms with Gasteiger partial charge >= 0.3 is 0 Å². The molecule has 2 heterocycles. The van der Waals surface area contributed by atoms with Crippen LogP contribution in [0, 0.1) is 0 Å². The van der Waals surface area contributed by atoms with Crippen molar-refractivity contribution in [2.24, 2.45) is 0 Å². The number of anilines is 1. The Labute approximate surface area is 111 Å². The maximum Gasteiger partial charge on any atom is 0.143 e. The summed E-state index contributed by atoms with van der Waals surface area (Å²) in [7, 11) is 0. The van der Waals surface area contributed by atoms with Gasteiger partial charge in [0.1, 0.15) is 6.17 Å². The van der Waals surface area contributed by atoms with E-state index in [1.54, 1.807) is 18.0 Å². The van der Waals surface area contributed by atoms with Crippen LogP contribution in [0.1, 0.15) is 24.3 Å². The zero-order chi connectivity index (χ0) is 13.1. The number of aliphatic hydroxyl groups excluding tert-OH is 1. The first-order valence-electron chi connectivity index (χ1n) is 6.17. The first-order chi connectivity index (χ1) is 8.61. The lowest BCUT2D eigenvalue weighted by Gasteiger charge is -2.33. The molecule has 5 heteroatoms. The summed E-state index contributed by atoms with van der Waals surface area (Å²) in [5, 5.41) is 9.74. The van der Waals surface area contributed by atoms with Crippen molar-refractivity contribution in [3.05, 3.63) is 24.0 Å². The van der Waals surface area contributed by atoms with Crippen LogP contribution >= 0.6 is 11.8 Å². The van der Waals surface area contributed by atoms with Gasteiger partial charge in [-0.1, -0.05) is 0 Å². The SMILES string of the molecule is CSC(C)c1ccc(N2CC[C@@H](O)[C@@H](F)C2)cn1. The van der Waals surface area contributed by atoms with Gasteiger partial charge in [-0.05, 0) is 31.7 Å². The van der Waals surface area contributed by atoms with Gasteiger partial charge in [0.25, 0.3) is 0 Å². The summed E-state index contributed by atoms with van der Waals surface area (Å²) < 4.78 is 13.5. The van der Waals surface area contributed by atoms with Crippen LogP contribution in [-0.2, 0) is 0 Å². The molecule has 0 aliphatic carbocycles. The lowest BCUT2D eigenvalue weighted by molar-refractivity contribution is 0.0615.